The minimum Gasteiger partial charge on any atom is -0.550 e. The van der Waals surface area contributed by atoms with E-state index in [4.69, 9.17) is 0 Å². The van der Waals surface area contributed by atoms with Crippen LogP contribution in [0.1, 0.15) is 209 Å². The van der Waals surface area contributed by atoms with E-state index in [-0.39, 0.29) is 59.7 Å². The Bertz CT molecular complexity index is 645. The van der Waals surface area contributed by atoms with Gasteiger partial charge in [0.05, 0.1) is 11.9 Å². The van der Waals surface area contributed by atoms with Gasteiger partial charge in [-0.2, -0.15) is 0 Å². The number of rotatable bonds is 24. The molecule has 0 rings (SSSR count). The van der Waals surface area contributed by atoms with Crippen LogP contribution in [0.4, 0.5) is 0 Å². The molecule has 0 aliphatic carbocycles. The molecule has 0 aromatic rings. The van der Waals surface area contributed by atoms with E-state index in [0.29, 0.717) is 25.0 Å². The van der Waals surface area contributed by atoms with E-state index in [1.165, 1.54) is 89.9 Å². The average molecular weight is 979 g/mol. The summed E-state index contributed by atoms with van der Waals surface area (Å²) in [6, 6.07) is 0. The molecule has 0 saturated carbocycles. The van der Waals surface area contributed by atoms with Crippen LogP contribution in [0.2, 0.25) is 0 Å². The Kier molecular flexibility index (Phi) is 101. The second kappa shape index (κ2) is 73.3. The van der Waals surface area contributed by atoms with Gasteiger partial charge in [0.1, 0.15) is 0 Å². The molecule has 10 heteroatoms. The van der Waals surface area contributed by atoms with Crippen molar-refractivity contribution in [2.75, 3.05) is 0 Å². The van der Waals surface area contributed by atoms with Gasteiger partial charge in [0.15, 0.2) is 0 Å². The van der Waals surface area contributed by atoms with Crippen molar-refractivity contribution in [3.05, 3.63) is 39.8 Å². The monoisotopic (exact) mass is 980 g/mol. The fraction of sp³-hybridized carbons (Fsp3) is 0.773. The first-order chi connectivity index (χ1) is 24.7. The van der Waals surface area contributed by atoms with Crippen molar-refractivity contribution in [1.82, 2.24) is 0 Å². The van der Waals surface area contributed by atoms with Crippen LogP contribution in [-0.4, -0.2) is 71.7 Å². The molecule has 8 nitrogen and oxygen atoms in total. The molecule has 316 valence electrons. The van der Waals surface area contributed by atoms with Gasteiger partial charge in [-0.1, -0.05) is 212 Å². The molecular weight excluding hydrogens is 894 g/mol. The molecule has 54 heavy (non-hydrogen) atoms. The summed E-state index contributed by atoms with van der Waals surface area (Å²) >= 11 is 0. The summed E-state index contributed by atoms with van der Waals surface area (Å²) in [7, 11) is 0. The number of aliphatic carboxylic acids is 4. The number of carboxylic acid groups (broad SMARTS) is 4. The Labute approximate surface area is 370 Å². The molecule has 0 heterocycles. The van der Waals surface area contributed by atoms with E-state index in [2.05, 4.69) is 69.2 Å². The normalized spacial score (nSPS) is 10.2. The summed E-state index contributed by atoms with van der Waals surface area (Å²) in [6.45, 7) is 31.1. The van der Waals surface area contributed by atoms with Gasteiger partial charge < -0.3 is 39.6 Å². The Balaban J connectivity index is -0.0000000670. The number of carbonyl (C=O) groups is 4. The third-order valence-electron chi connectivity index (χ3n) is 7.23. The topological polar surface area (TPSA) is 161 Å². The molecule has 0 N–H and O–H groups in total. The standard InChI is InChI=1S/2C12H24O2.C4H4O4.4C4H9.2Sn/c2*1-3-5-6-7-8-9-10-11(4-2)12(13)14;5-3(6)1-2-4(7)8;4*1-3-4-2;;/h2*11H,3-10H2,1-2H3,(H,13,14);1-2H,(H,5,6)(H,7,8);4*1,3-4H2,2H3;;/q;;;;;;;2*+2/p-4. The second-order valence-corrected chi connectivity index (χ2v) is 12.3. The van der Waals surface area contributed by atoms with Crippen molar-refractivity contribution >= 4 is 71.7 Å². The van der Waals surface area contributed by atoms with Crippen molar-refractivity contribution in [3.63, 3.8) is 0 Å². The number of carbonyl (C=O) groups excluding carboxylic acids is 4. The Morgan fingerprint density at radius 3 is 0.759 bits per heavy atom. The van der Waals surface area contributed by atoms with E-state index >= 15 is 0 Å². The molecule has 0 aliphatic heterocycles. The van der Waals surface area contributed by atoms with E-state index in [1.807, 2.05) is 13.8 Å². The fourth-order valence-corrected chi connectivity index (χ4v) is 3.46. The van der Waals surface area contributed by atoms with Gasteiger partial charge in [-0.15, -0.1) is 0 Å². The average Bonchev–Trinajstić information content (AvgIpc) is 3.14. The first kappa shape index (κ1) is 74.2. The van der Waals surface area contributed by atoms with Gasteiger partial charge >= 0.3 is 47.8 Å². The molecule has 0 spiro atoms. The van der Waals surface area contributed by atoms with Crippen LogP contribution in [0.5, 0.6) is 0 Å². The quantitative estimate of drug-likeness (QED) is 0.0539. The Morgan fingerprint density at radius 1 is 0.407 bits per heavy atom. The van der Waals surface area contributed by atoms with Crippen molar-refractivity contribution in [1.29, 1.82) is 0 Å². The zero-order valence-corrected chi connectivity index (χ0v) is 42.1. The number of hydrogen-bond donors (Lipinski definition) is 0. The molecule has 0 aliphatic rings. The minimum atomic E-state index is -1.55. The third-order valence-corrected chi connectivity index (χ3v) is 7.23. The van der Waals surface area contributed by atoms with Gasteiger partial charge in [0, 0.05) is 11.9 Å². The predicted octanol–water partition coefficient (Wildman–Crippen LogP) is 7.79. The first-order valence-electron chi connectivity index (χ1n) is 20.4. The van der Waals surface area contributed by atoms with Crippen molar-refractivity contribution in [3.8, 4) is 0 Å². The third kappa shape index (κ3) is 98.5. The fourth-order valence-electron chi connectivity index (χ4n) is 3.46. The van der Waals surface area contributed by atoms with Crippen molar-refractivity contribution in [2.45, 2.75) is 209 Å². The summed E-state index contributed by atoms with van der Waals surface area (Å²) < 4.78 is 0. The molecular formula is C44H84O8Sn2. The predicted molar refractivity (Wildman–Crippen MR) is 225 cm³/mol. The van der Waals surface area contributed by atoms with Gasteiger partial charge in [0.2, 0.25) is 0 Å². The van der Waals surface area contributed by atoms with Crippen LogP contribution in [0.15, 0.2) is 12.2 Å². The number of unbranched alkanes of at least 4 members (excludes halogenated alkanes) is 14. The Hall–Kier alpha value is -0.783. The summed E-state index contributed by atoms with van der Waals surface area (Å²) in [4.78, 5) is 40.0. The van der Waals surface area contributed by atoms with E-state index in [0.717, 1.165) is 51.4 Å². The van der Waals surface area contributed by atoms with E-state index < -0.39 is 23.9 Å². The minimum absolute atomic E-state index is 0. The molecule has 0 saturated heterocycles. The molecule has 2 unspecified atom stereocenters. The van der Waals surface area contributed by atoms with Gasteiger partial charge in [-0.25, -0.2) is 0 Å². The van der Waals surface area contributed by atoms with Crippen LogP contribution in [0, 0.1) is 39.5 Å². The molecule has 0 amide bonds. The number of hydrogen-bond acceptors (Lipinski definition) is 8. The largest absolute Gasteiger partial charge is 2.00 e. The SMILES string of the molecule is CCCCCCCCC(CC)C(=O)[O-].CCCCCCCCC(CC)C(=O)[O-].O=C([O-])C=CC(=O)[O-].[CH2]CCC.[CH2]CCC.[CH2]CCC.[CH2]CCC.[Sn+2].[Sn+2]. The first-order valence-corrected chi connectivity index (χ1v) is 20.4. The Morgan fingerprint density at radius 2 is 0.611 bits per heavy atom. The van der Waals surface area contributed by atoms with Crippen molar-refractivity contribution < 1.29 is 39.6 Å². The van der Waals surface area contributed by atoms with E-state index in [9.17, 15) is 39.6 Å². The molecule has 0 fully saturated rings. The maximum Gasteiger partial charge on any atom is 2.00 e. The van der Waals surface area contributed by atoms with Crippen LogP contribution < -0.4 is 20.4 Å². The summed E-state index contributed by atoms with van der Waals surface area (Å²) in [6.07, 6.45) is 27.5. The molecule has 8 radical (unpaired) electrons. The molecule has 0 bridgehead atoms. The van der Waals surface area contributed by atoms with Crippen LogP contribution >= 0.6 is 0 Å². The number of carboxylic acids is 4. The van der Waals surface area contributed by atoms with E-state index in [1.54, 1.807) is 0 Å². The van der Waals surface area contributed by atoms with Gasteiger partial charge in [0.25, 0.3) is 0 Å². The summed E-state index contributed by atoms with van der Waals surface area (Å²) in [5, 5.41) is 40.0. The zero-order chi connectivity index (χ0) is 41.8. The second-order valence-electron chi connectivity index (χ2n) is 12.3. The molecule has 2 atom stereocenters. The maximum absolute atomic E-state index is 10.6. The molecule has 0 aromatic carbocycles. The maximum atomic E-state index is 10.6. The van der Waals surface area contributed by atoms with Crippen LogP contribution in [0.25, 0.3) is 0 Å². The van der Waals surface area contributed by atoms with Gasteiger partial charge in [-0.3, -0.25) is 0 Å². The van der Waals surface area contributed by atoms with Crippen LogP contribution in [0.3, 0.4) is 0 Å². The summed E-state index contributed by atoms with van der Waals surface area (Å²) in [5.41, 5.74) is 0. The smallest absolute Gasteiger partial charge is 0.550 e. The molecule has 0 aromatic heterocycles. The van der Waals surface area contributed by atoms with Crippen LogP contribution in [-0.2, 0) is 19.2 Å². The van der Waals surface area contributed by atoms with Gasteiger partial charge in [-0.05, 0) is 49.7 Å². The summed E-state index contributed by atoms with van der Waals surface area (Å²) in [5.74, 6) is -5.28. The zero-order valence-electron chi connectivity index (χ0n) is 36.4. The van der Waals surface area contributed by atoms with Crippen molar-refractivity contribution in [2.24, 2.45) is 11.8 Å².